The van der Waals surface area contributed by atoms with E-state index in [1.165, 1.54) is 0 Å². The summed E-state index contributed by atoms with van der Waals surface area (Å²) in [7, 11) is 0. The molecule has 1 aromatic rings. The third-order valence-corrected chi connectivity index (χ3v) is 4.77. The predicted molar refractivity (Wildman–Crippen MR) is 127 cm³/mol. The highest BCUT2D eigenvalue weighted by Crippen LogP contribution is 2.25. The SMILES string of the molecule is CCOC(=O)CCNC(=O)C(c1ccccc1C)N(CCO)C(=O)C(CO)NC(=O)OC(C)(C)C. The maximum Gasteiger partial charge on any atom is 0.408 e. The molecule has 0 aliphatic rings. The van der Waals surface area contributed by atoms with Gasteiger partial charge in [-0.15, -0.1) is 0 Å². The van der Waals surface area contributed by atoms with Gasteiger partial charge >= 0.3 is 12.1 Å². The summed E-state index contributed by atoms with van der Waals surface area (Å²) in [6.07, 6.45) is -0.979. The van der Waals surface area contributed by atoms with Gasteiger partial charge in [0, 0.05) is 13.1 Å². The summed E-state index contributed by atoms with van der Waals surface area (Å²) in [5, 5.41) is 24.4. The van der Waals surface area contributed by atoms with E-state index in [2.05, 4.69) is 10.6 Å². The number of benzene rings is 1. The lowest BCUT2D eigenvalue weighted by Gasteiger charge is -2.34. The molecule has 11 heteroatoms. The van der Waals surface area contributed by atoms with Gasteiger partial charge in [-0.25, -0.2) is 4.79 Å². The van der Waals surface area contributed by atoms with E-state index in [1.807, 2.05) is 0 Å². The van der Waals surface area contributed by atoms with E-state index >= 15 is 0 Å². The van der Waals surface area contributed by atoms with Crippen LogP contribution in [0.25, 0.3) is 0 Å². The van der Waals surface area contributed by atoms with Crippen molar-refractivity contribution >= 4 is 23.9 Å². The van der Waals surface area contributed by atoms with E-state index in [1.54, 1.807) is 58.9 Å². The second-order valence-electron chi connectivity index (χ2n) is 8.74. The lowest BCUT2D eigenvalue weighted by molar-refractivity contribution is -0.145. The smallest absolute Gasteiger partial charge is 0.408 e. The van der Waals surface area contributed by atoms with E-state index in [-0.39, 0.29) is 26.1 Å². The normalized spacial score (nSPS) is 12.8. The Labute approximate surface area is 205 Å². The third-order valence-electron chi connectivity index (χ3n) is 4.77. The van der Waals surface area contributed by atoms with Gasteiger partial charge in [0.05, 0.1) is 26.2 Å². The van der Waals surface area contributed by atoms with Gasteiger partial charge < -0.3 is 35.2 Å². The molecule has 0 aliphatic carbocycles. The number of rotatable bonds is 12. The molecule has 0 aromatic heterocycles. The molecule has 0 fully saturated rings. The first-order valence-corrected chi connectivity index (χ1v) is 11.5. The minimum absolute atomic E-state index is 0.0270. The maximum atomic E-state index is 13.4. The molecule has 0 heterocycles. The largest absolute Gasteiger partial charge is 0.466 e. The average molecular weight is 496 g/mol. The number of esters is 1. The second-order valence-corrected chi connectivity index (χ2v) is 8.74. The van der Waals surface area contributed by atoms with Gasteiger partial charge in [0.15, 0.2) is 0 Å². The van der Waals surface area contributed by atoms with E-state index in [0.717, 1.165) is 4.90 Å². The number of aliphatic hydroxyl groups excluding tert-OH is 2. The molecule has 35 heavy (non-hydrogen) atoms. The Morgan fingerprint density at radius 1 is 1.11 bits per heavy atom. The fourth-order valence-corrected chi connectivity index (χ4v) is 3.27. The van der Waals surface area contributed by atoms with Crippen molar-refractivity contribution in [2.45, 2.75) is 58.7 Å². The molecule has 0 bridgehead atoms. The van der Waals surface area contributed by atoms with Crippen molar-refractivity contribution in [3.63, 3.8) is 0 Å². The molecule has 0 radical (unpaired) electrons. The molecule has 0 spiro atoms. The molecular formula is C24H37N3O8. The topological polar surface area (TPSA) is 154 Å². The maximum absolute atomic E-state index is 13.4. The molecule has 3 amide bonds. The molecule has 1 aromatic carbocycles. The number of carbonyl (C=O) groups is 4. The van der Waals surface area contributed by atoms with Crippen molar-refractivity contribution in [3.05, 3.63) is 35.4 Å². The number of alkyl carbamates (subject to hydrolysis) is 1. The van der Waals surface area contributed by atoms with Crippen LogP contribution in [0.15, 0.2) is 24.3 Å². The standard InChI is InChI=1S/C24H37N3O8/c1-6-34-19(30)11-12-25-21(31)20(17-10-8-7-9-16(17)2)27(13-14-28)22(32)18(15-29)26-23(33)35-24(3,4)5/h7-10,18,20,28-29H,6,11-15H2,1-5H3,(H,25,31)(H,26,33). The summed E-state index contributed by atoms with van der Waals surface area (Å²) < 4.78 is 10.0. The zero-order valence-corrected chi connectivity index (χ0v) is 21.0. The Kier molecular flexibility index (Phi) is 12.2. The van der Waals surface area contributed by atoms with Crippen molar-refractivity contribution in [2.75, 3.05) is 32.9 Å². The number of nitrogens with zero attached hydrogens (tertiary/aromatic N) is 1. The lowest BCUT2D eigenvalue weighted by Crippen LogP contribution is -2.55. The molecule has 2 atom stereocenters. The first-order chi connectivity index (χ1) is 16.4. The van der Waals surface area contributed by atoms with E-state index in [0.29, 0.717) is 11.1 Å². The summed E-state index contributed by atoms with van der Waals surface area (Å²) in [6.45, 7) is 7.07. The summed E-state index contributed by atoms with van der Waals surface area (Å²) in [5.74, 6) is -1.87. The second kappa shape index (κ2) is 14.3. The average Bonchev–Trinajstić information content (AvgIpc) is 2.76. The molecule has 4 N–H and O–H groups in total. The Hall–Kier alpha value is -3.18. The number of ether oxygens (including phenoxy) is 2. The van der Waals surface area contributed by atoms with Gasteiger partial charge in [0.1, 0.15) is 17.7 Å². The number of aryl methyl sites for hydroxylation is 1. The summed E-state index contributed by atoms with van der Waals surface area (Å²) >= 11 is 0. The minimum Gasteiger partial charge on any atom is -0.466 e. The first kappa shape index (κ1) is 29.9. The number of aliphatic hydroxyl groups is 2. The fourth-order valence-electron chi connectivity index (χ4n) is 3.27. The fraction of sp³-hybridized carbons (Fsp3) is 0.583. The van der Waals surface area contributed by atoms with Gasteiger partial charge in [-0.1, -0.05) is 24.3 Å². The lowest BCUT2D eigenvalue weighted by atomic mass is 9.98. The Morgan fingerprint density at radius 3 is 2.31 bits per heavy atom. The number of hydrogen-bond donors (Lipinski definition) is 4. The van der Waals surface area contributed by atoms with E-state index in [9.17, 15) is 29.4 Å². The molecule has 2 unspecified atom stereocenters. The van der Waals surface area contributed by atoms with Crippen molar-refractivity contribution in [3.8, 4) is 0 Å². The van der Waals surface area contributed by atoms with Crippen LogP contribution in [0, 0.1) is 6.92 Å². The highest BCUT2D eigenvalue weighted by atomic mass is 16.6. The number of carbonyl (C=O) groups excluding carboxylic acids is 4. The number of hydrogen-bond acceptors (Lipinski definition) is 8. The molecular weight excluding hydrogens is 458 g/mol. The monoisotopic (exact) mass is 495 g/mol. The predicted octanol–water partition coefficient (Wildman–Crippen LogP) is 0.812. The highest BCUT2D eigenvalue weighted by molar-refractivity contribution is 5.92. The zero-order chi connectivity index (χ0) is 26.6. The van der Waals surface area contributed by atoms with Crippen molar-refractivity contribution in [2.24, 2.45) is 0 Å². The van der Waals surface area contributed by atoms with Crippen LogP contribution in [0.1, 0.15) is 51.3 Å². The van der Waals surface area contributed by atoms with Crippen LogP contribution in [0.2, 0.25) is 0 Å². The van der Waals surface area contributed by atoms with Crippen LogP contribution in [0.4, 0.5) is 4.79 Å². The van der Waals surface area contributed by atoms with Crippen LogP contribution >= 0.6 is 0 Å². The third kappa shape index (κ3) is 9.91. The molecule has 1 rings (SSSR count). The molecule has 11 nitrogen and oxygen atoms in total. The number of amides is 3. The summed E-state index contributed by atoms with van der Waals surface area (Å²) in [4.78, 5) is 51.6. The minimum atomic E-state index is -1.42. The highest BCUT2D eigenvalue weighted by Gasteiger charge is 2.36. The summed E-state index contributed by atoms with van der Waals surface area (Å²) in [5.41, 5.74) is 0.353. The van der Waals surface area contributed by atoms with Crippen LogP contribution < -0.4 is 10.6 Å². The van der Waals surface area contributed by atoms with Crippen molar-refractivity contribution in [1.82, 2.24) is 15.5 Å². The Balaban J connectivity index is 3.24. The van der Waals surface area contributed by atoms with Gasteiger partial charge in [-0.05, 0) is 45.7 Å². The zero-order valence-electron chi connectivity index (χ0n) is 21.0. The summed E-state index contributed by atoms with van der Waals surface area (Å²) in [6, 6.07) is 4.28. The van der Waals surface area contributed by atoms with Gasteiger partial charge in [0.2, 0.25) is 11.8 Å². The van der Waals surface area contributed by atoms with Crippen molar-refractivity contribution < 1.29 is 38.9 Å². The van der Waals surface area contributed by atoms with Crippen LogP contribution in [-0.4, -0.2) is 83.5 Å². The van der Waals surface area contributed by atoms with Gasteiger partial charge in [0.25, 0.3) is 0 Å². The molecule has 0 saturated carbocycles. The Morgan fingerprint density at radius 2 is 1.77 bits per heavy atom. The molecule has 196 valence electrons. The van der Waals surface area contributed by atoms with Crippen molar-refractivity contribution in [1.29, 1.82) is 0 Å². The Bertz CT molecular complexity index is 869. The first-order valence-electron chi connectivity index (χ1n) is 11.5. The van der Waals surface area contributed by atoms with Crippen LogP contribution in [-0.2, 0) is 23.9 Å². The van der Waals surface area contributed by atoms with E-state index < -0.39 is 54.8 Å². The van der Waals surface area contributed by atoms with Crippen LogP contribution in [0.3, 0.4) is 0 Å². The quantitative estimate of drug-likeness (QED) is 0.311. The van der Waals surface area contributed by atoms with Crippen LogP contribution in [0.5, 0.6) is 0 Å². The molecule has 0 aliphatic heterocycles. The van der Waals surface area contributed by atoms with Gasteiger partial charge in [-0.2, -0.15) is 0 Å². The number of nitrogens with one attached hydrogen (secondary N) is 2. The van der Waals surface area contributed by atoms with Gasteiger partial charge in [-0.3, -0.25) is 14.4 Å². The van der Waals surface area contributed by atoms with E-state index in [4.69, 9.17) is 9.47 Å². The molecule has 0 saturated heterocycles.